The van der Waals surface area contributed by atoms with Crippen molar-refractivity contribution in [2.45, 2.75) is 32.2 Å². The molecule has 116 valence electrons. The molecule has 0 radical (unpaired) electrons. The summed E-state index contributed by atoms with van der Waals surface area (Å²) in [6.07, 6.45) is 4.02. The number of nitrogens with one attached hydrogen (secondary N) is 1. The van der Waals surface area contributed by atoms with E-state index in [0.29, 0.717) is 12.6 Å². The lowest BCUT2D eigenvalue weighted by atomic mass is 10.1. The lowest BCUT2D eigenvalue weighted by Crippen LogP contribution is -2.50. The van der Waals surface area contributed by atoms with Gasteiger partial charge in [-0.1, -0.05) is 6.42 Å². The molecule has 2 heterocycles. The summed E-state index contributed by atoms with van der Waals surface area (Å²) in [4.78, 5) is 18.9. The Hall–Kier alpha value is -0.650. The van der Waals surface area contributed by atoms with Crippen LogP contribution in [0.2, 0.25) is 0 Å². The molecule has 0 spiro atoms. The van der Waals surface area contributed by atoms with E-state index in [-0.39, 0.29) is 5.91 Å². The van der Waals surface area contributed by atoms with Crippen molar-refractivity contribution < 1.29 is 4.79 Å². The van der Waals surface area contributed by atoms with Gasteiger partial charge in [-0.2, -0.15) is 0 Å². The molecule has 0 saturated carbocycles. The SMILES string of the molecule is CC(CNCC(=O)N1CCN(C)CC1)N1CCCCC1. The maximum absolute atomic E-state index is 12.1. The largest absolute Gasteiger partial charge is 0.339 e. The molecular weight excluding hydrogens is 252 g/mol. The van der Waals surface area contributed by atoms with E-state index in [1.165, 1.54) is 32.4 Å². The van der Waals surface area contributed by atoms with Crippen LogP contribution in [-0.4, -0.2) is 86.1 Å². The van der Waals surface area contributed by atoms with E-state index in [4.69, 9.17) is 0 Å². The van der Waals surface area contributed by atoms with Crippen molar-refractivity contribution in [1.82, 2.24) is 20.0 Å². The number of piperidine rings is 1. The standard InChI is InChI=1S/C15H30N4O/c1-14(18-6-4-3-5-7-18)12-16-13-15(20)19-10-8-17(2)9-11-19/h14,16H,3-13H2,1-2H3. The lowest BCUT2D eigenvalue weighted by Gasteiger charge is -2.34. The Morgan fingerprint density at radius 3 is 2.35 bits per heavy atom. The third-order valence-corrected chi connectivity index (χ3v) is 4.59. The van der Waals surface area contributed by atoms with Crippen LogP contribution in [0.15, 0.2) is 0 Å². The van der Waals surface area contributed by atoms with E-state index < -0.39 is 0 Å². The molecule has 1 N–H and O–H groups in total. The first-order valence-corrected chi connectivity index (χ1v) is 8.08. The van der Waals surface area contributed by atoms with Crippen LogP contribution in [0.4, 0.5) is 0 Å². The van der Waals surface area contributed by atoms with Gasteiger partial charge in [-0.3, -0.25) is 9.69 Å². The number of rotatable bonds is 5. The van der Waals surface area contributed by atoms with Crippen LogP contribution in [0.3, 0.4) is 0 Å². The van der Waals surface area contributed by atoms with Gasteiger partial charge in [0, 0.05) is 38.8 Å². The number of nitrogens with zero attached hydrogens (tertiary/aromatic N) is 3. The number of likely N-dealkylation sites (tertiary alicyclic amines) is 1. The highest BCUT2D eigenvalue weighted by molar-refractivity contribution is 5.78. The second-order valence-corrected chi connectivity index (χ2v) is 6.26. The summed E-state index contributed by atoms with van der Waals surface area (Å²) in [5.41, 5.74) is 0. The number of piperazine rings is 1. The van der Waals surface area contributed by atoms with Crippen LogP contribution < -0.4 is 5.32 Å². The molecule has 1 unspecified atom stereocenters. The predicted octanol–water partition coefficient (Wildman–Crippen LogP) is 0.224. The average Bonchev–Trinajstić information content (AvgIpc) is 2.48. The first kappa shape index (κ1) is 15.7. The van der Waals surface area contributed by atoms with Crippen LogP contribution >= 0.6 is 0 Å². The van der Waals surface area contributed by atoms with Crippen molar-refractivity contribution in [1.29, 1.82) is 0 Å². The fourth-order valence-electron chi connectivity index (χ4n) is 3.04. The maximum atomic E-state index is 12.1. The highest BCUT2D eigenvalue weighted by atomic mass is 16.2. The lowest BCUT2D eigenvalue weighted by molar-refractivity contribution is -0.131. The third kappa shape index (κ3) is 4.72. The van der Waals surface area contributed by atoms with E-state index in [1.807, 2.05) is 4.90 Å². The fourth-order valence-corrected chi connectivity index (χ4v) is 3.04. The first-order chi connectivity index (χ1) is 9.66. The van der Waals surface area contributed by atoms with Crippen LogP contribution in [0.25, 0.3) is 0 Å². The number of amides is 1. The molecule has 2 rings (SSSR count). The Morgan fingerprint density at radius 1 is 1.05 bits per heavy atom. The van der Waals surface area contributed by atoms with Crippen molar-refractivity contribution in [2.24, 2.45) is 0 Å². The van der Waals surface area contributed by atoms with E-state index in [2.05, 4.69) is 29.1 Å². The zero-order valence-corrected chi connectivity index (χ0v) is 13.1. The van der Waals surface area contributed by atoms with Crippen LogP contribution in [0.5, 0.6) is 0 Å². The monoisotopic (exact) mass is 282 g/mol. The molecule has 0 aliphatic carbocycles. The van der Waals surface area contributed by atoms with Crippen LogP contribution in [-0.2, 0) is 4.79 Å². The summed E-state index contributed by atoms with van der Waals surface area (Å²) in [6.45, 7) is 9.84. The average molecular weight is 282 g/mol. The number of carbonyl (C=O) groups is 1. The molecule has 0 aromatic carbocycles. The van der Waals surface area contributed by atoms with Gasteiger partial charge in [-0.25, -0.2) is 0 Å². The summed E-state index contributed by atoms with van der Waals surface area (Å²) >= 11 is 0. The van der Waals surface area contributed by atoms with Gasteiger partial charge in [0.15, 0.2) is 0 Å². The van der Waals surface area contributed by atoms with Gasteiger partial charge in [0.1, 0.15) is 0 Å². The highest BCUT2D eigenvalue weighted by Crippen LogP contribution is 2.11. The molecule has 2 fully saturated rings. The minimum atomic E-state index is 0.254. The Morgan fingerprint density at radius 2 is 1.70 bits per heavy atom. The molecule has 2 aliphatic rings. The molecule has 0 bridgehead atoms. The first-order valence-electron chi connectivity index (χ1n) is 8.08. The topological polar surface area (TPSA) is 38.8 Å². The van der Waals surface area contributed by atoms with Gasteiger partial charge >= 0.3 is 0 Å². The summed E-state index contributed by atoms with van der Waals surface area (Å²) < 4.78 is 0. The van der Waals surface area contributed by atoms with Crippen LogP contribution in [0.1, 0.15) is 26.2 Å². The molecule has 1 atom stereocenters. The Labute approximate surface area is 123 Å². The molecule has 1 amide bonds. The number of hydrogen-bond donors (Lipinski definition) is 1. The summed E-state index contributed by atoms with van der Waals surface area (Å²) in [5, 5.41) is 3.34. The second kappa shape index (κ2) is 7.96. The molecular formula is C15H30N4O. The van der Waals surface area contributed by atoms with Crippen molar-refractivity contribution in [2.75, 3.05) is 59.4 Å². The molecule has 20 heavy (non-hydrogen) atoms. The van der Waals surface area contributed by atoms with Crippen molar-refractivity contribution in [3.8, 4) is 0 Å². The number of likely N-dealkylation sites (N-methyl/N-ethyl adjacent to an activating group) is 1. The second-order valence-electron chi connectivity index (χ2n) is 6.26. The van der Waals surface area contributed by atoms with Gasteiger partial charge in [0.25, 0.3) is 0 Å². The van der Waals surface area contributed by atoms with Gasteiger partial charge < -0.3 is 15.1 Å². The van der Waals surface area contributed by atoms with Gasteiger partial charge in [0.2, 0.25) is 5.91 Å². The summed E-state index contributed by atoms with van der Waals surface area (Å²) in [5.74, 6) is 0.254. The maximum Gasteiger partial charge on any atom is 0.236 e. The smallest absolute Gasteiger partial charge is 0.236 e. The van der Waals surface area contributed by atoms with Gasteiger partial charge in [0.05, 0.1) is 6.54 Å². The summed E-state index contributed by atoms with van der Waals surface area (Å²) in [6, 6.07) is 0.538. The zero-order chi connectivity index (χ0) is 14.4. The van der Waals surface area contributed by atoms with Gasteiger partial charge in [-0.15, -0.1) is 0 Å². The van der Waals surface area contributed by atoms with Crippen molar-refractivity contribution in [3.63, 3.8) is 0 Å². The Balaban J connectivity index is 1.61. The fraction of sp³-hybridized carbons (Fsp3) is 0.933. The predicted molar refractivity (Wildman–Crippen MR) is 81.8 cm³/mol. The zero-order valence-electron chi connectivity index (χ0n) is 13.1. The van der Waals surface area contributed by atoms with Crippen molar-refractivity contribution >= 4 is 5.91 Å². The molecule has 0 aromatic heterocycles. The summed E-state index contributed by atoms with van der Waals surface area (Å²) in [7, 11) is 2.11. The molecule has 5 heteroatoms. The quantitative estimate of drug-likeness (QED) is 0.783. The minimum Gasteiger partial charge on any atom is -0.339 e. The third-order valence-electron chi connectivity index (χ3n) is 4.59. The Bertz CT molecular complexity index is 296. The molecule has 5 nitrogen and oxygen atoms in total. The number of carbonyl (C=O) groups excluding carboxylic acids is 1. The van der Waals surface area contributed by atoms with E-state index in [1.54, 1.807) is 0 Å². The van der Waals surface area contributed by atoms with E-state index >= 15 is 0 Å². The Kier molecular flexibility index (Phi) is 6.26. The van der Waals surface area contributed by atoms with Crippen LogP contribution in [0, 0.1) is 0 Å². The van der Waals surface area contributed by atoms with E-state index in [0.717, 1.165) is 32.7 Å². The molecule has 2 aliphatic heterocycles. The number of hydrogen-bond acceptors (Lipinski definition) is 4. The van der Waals surface area contributed by atoms with E-state index in [9.17, 15) is 4.79 Å². The molecule has 2 saturated heterocycles. The van der Waals surface area contributed by atoms with Gasteiger partial charge in [-0.05, 0) is 39.9 Å². The normalized spacial score (nSPS) is 23.8. The highest BCUT2D eigenvalue weighted by Gasteiger charge is 2.20. The van der Waals surface area contributed by atoms with Crippen molar-refractivity contribution in [3.05, 3.63) is 0 Å². The molecule has 0 aromatic rings. The minimum absolute atomic E-state index is 0.254.